The number of thiophene rings is 1. The molecule has 0 bridgehead atoms. The van der Waals surface area contributed by atoms with Gasteiger partial charge in [0.05, 0.1) is 26.3 Å². The molecule has 2 heterocycles. The van der Waals surface area contributed by atoms with Gasteiger partial charge < -0.3 is 10.4 Å². The molecule has 1 amide bonds. The fourth-order valence-corrected chi connectivity index (χ4v) is 4.01. The molecule has 1 aromatic carbocycles. The van der Waals surface area contributed by atoms with E-state index in [0.717, 1.165) is 11.3 Å². The van der Waals surface area contributed by atoms with Crippen LogP contribution in [0.5, 0.6) is 0 Å². The Morgan fingerprint density at radius 3 is 2.64 bits per heavy atom. The maximum Gasteiger partial charge on any atom is 0.261 e. The molecule has 0 aliphatic carbocycles. The summed E-state index contributed by atoms with van der Waals surface area (Å²) < 4.78 is 0.455. The lowest BCUT2D eigenvalue weighted by Gasteiger charge is -2.20. The smallest absolute Gasteiger partial charge is 0.261 e. The van der Waals surface area contributed by atoms with Crippen molar-refractivity contribution in [2.75, 3.05) is 5.32 Å². The third-order valence-electron chi connectivity index (χ3n) is 3.36. The van der Waals surface area contributed by atoms with Crippen molar-refractivity contribution in [3.63, 3.8) is 0 Å². The van der Waals surface area contributed by atoms with Crippen LogP contribution in [0.1, 0.15) is 21.7 Å². The van der Waals surface area contributed by atoms with Crippen molar-refractivity contribution in [3.8, 4) is 0 Å². The Kier molecular flexibility index (Phi) is 3.95. The minimum Gasteiger partial charge on any atom is -0.375 e. The molecule has 0 saturated carbocycles. The van der Waals surface area contributed by atoms with E-state index in [-0.39, 0.29) is 10.6 Å². The second-order valence-electron chi connectivity index (χ2n) is 4.83. The first-order valence-corrected chi connectivity index (χ1v) is 8.08. The van der Waals surface area contributed by atoms with Crippen LogP contribution in [0.15, 0.2) is 24.3 Å². The Labute approximate surface area is 144 Å². The number of rotatable bonds is 3. The zero-order valence-electron chi connectivity index (χ0n) is 10.8. The van der Waals surface area contributed by atoms with Crippen molar-refractivity contribution in [2.45, 2.75) is 12.0 Å². The molecule has 0 spiro atoms. The number of Topliss-reactive ketones (excluding diaryl/α,β-unsaturated/α-hetero) is 1. The van der Waals surface area contributed by atoms with E-state index in [0.29, 0.717) is 19.9 Å². The van der Waals surface area contributed by atoms with Crippen LogP contribution in [0.3, 0.4) is 0 Å². The highest BCUT2D eigenvalue weighted by atomic mass is 35.5. The van der Waals surface area contributed by atoms with E-state index >= 15 is 0 Å². The number of nitrogens with one attached hydrogen (secondary N) is 1. The highest BCUT2D eigenvalue weighted by molar-refractivity contribution is 7.18. The van der Waals surface area contributed by atoms with Crippen molar-refractivity contribution in [2.24, 2.45) is 0 Å². The molecule has 1 aliphatic heterocycles. The molecule has 0 saturated heterocycles. The number of ketones is 1. The number of benzene rings is 1. The molecule has 0 fully saturated rings. The van der Waals surface area contributed by atoms with Gasteiger partial charge in [-0.25, -0.2) is 0 Å². The Morgan fingerprint density at radius 2 is 2.00 bits per heavy atom. The number of carbonyl (C=O) groups excluding carboxylic acids is 2. The molecular weight excluding hydrogens is 369 g/mol. The summed E-state index contributed by atoms with van der Waals surface area (Å²) >= 11 is 18.9. The summed E-state index contributed by atoms with van der Waals surface area (Å²) in [5.41, 5.74) is -1.55. The molecule has 2 aromatic rings. The summed E-state index contributed by atoms with van der Waals surface area (Å²) in [5, 5.41) is 13.7. The number of carbonyl (C=O) groups is 2. The monoisotopic (exact) mass is 375 g/mol. The summed E-state index contributed by atoms with van der Waals surface area (Å²) in [7, 11) is 0. The Hall–Kier alpha value is -1.11. The van der Waals surface area contributed by atoms with Crippen LogP contribution in [0, 0.1) is 0 Å². The van der Waals surface area contributed by atoms with Crippen molar-refractivity contribution in [1.82, 2.24) is 0 Å². The molecule has 1 aromatic heterocycles. The Balaban J connectivity index is 2.00. The minimum absolute atomic E-state index is 0.125. The van der Waals surface area contributed by atoms with Crippen LogP contribution in [-0.2, 0) is 10.4 Å². The Bertz CT molecular complexity index is 805. The number of aliphatic hydroxyl groups is 1. The van der Waals surface area contributed by atoms with E-state index in [1.54, 1.807) is 12.1 Å². The molecule has 22 heavy (non-hydrogen) atoms. The van der Waals surface area contributed by atoms with Gasteiger partial charge in [0.2, 0.25) is 0 Å². The third kappa shape index (κ3) is 2.53. The molecule has 4 nitrogen and oxygen atoms in total. The summed E-state index contributed by atoms with van der Waals surface area (Å²) in [4.78, 5) is 24.8. The zero-order valence-corrected chi connectivity index (χ0v) is 13.9. The molecule has 8 heteroatoms. The standard InChI is InChI=1S/C14H8Cl3NO3S/c15-6-3-7(16)12-8(4-6)18-13(20)14(12,21)5-9(19)10-1-2-11(17)22-10/h1-4,21H,5H2,(H,18,20)/t14-/m1/s1. The van der Waals surface area contributed by atoms with E-state index < -0.39 is 23.7 Å². The van der Waals surface area contributed by atoms with E-state index in [1.807, 2.05) is 0 Å². The van der Waals surface area contributed by atoms with Crippen LogP contribution in [0.2, 0.25) is 14.4 Å². The predicted octanol–water partition coefficient (Wildman–Crippen LogP) is 4.12. The van der Waals surface area contributed by atoms with Gasteiger partial charge in [-0.2, -0.15) is 0 Å². The average molecular weight is 377 g/mol. The largest absolute Gasteiger partial charge is 0.375 e. The van der Waals surface area contributed by atoms with E-state index in [2.05, 4.69) is 5.32 Å². The molecule has 114 valence electrons. The maximum absolute atomic E-state index is 12.3. The minimum atomic E-state index is -2.02. The number of hydrogen-bond donors (Lipinski definition) is 2. The SMILES string of the molecule is O=C(C[C@]1(O)C(=O)Nc2cc(Cl)cc(Cl)c21)c1ccc(Cl)s1. The van der Waals surface area contributed by atoms with Crippen LogP contribution in [-0.4, -0.2) is 16.8 Å². The molecule has 2 N–H and O–H groups in total. The van der Waals surface area contributed by atoms with E-state index in [4.69, 9.17) is 34.8 Å². The van der Waals surface area contributed by atoms with Crippen LogP contribution < -0.4 is 5.32 Å². The normalized spacial score (nSPS) is 19.9. The highest BCUT2D eigenvalue weighted by Gasteiger charge is 2.48. The second-order valence-corrected chi connectivity index (χ2v) is 7.39. The first-order chi connectivity index (χ1) is 10.3. The number of hydrogen-bond acceptors (Lipinski definition) is 4. The molecular formula is C14H8Cl3NO3S. The van der Waals surface area contributed by atoms with Gasteiger partial charge >= 0.3 is 0 Å². The molecule has 0 unspecified atom stereocenters. The molecule has 3 rings (SSSR count). The van der Waals surface area contributed by atoms with Gasteiger partial charge in [0, 0.05) is 10.6 Å². The second kappa shape index (κ2) is 5.51. The van der Waals surface area contributed by atoms with E-state index in [1.165, 1.54) is 12.1 Å². The van der Waals surface area contributed by atoms with Crippen molar-refractivity contribution < 1.29 is 14.7 Å². The van der Waals surface area contributed by atoms with Gasteiger partial charge in [0.1, 0.15) is 0 Å². The fraction of sp³-hybridized carbons (Fsp3) is 0.143. The topological polar surface area (TPSA) is 66.4 Å². The van der Waals surface area contributed by atoms with Crippen LogP contribution in [0.4, 0.5) is 5.69 Å². The lowest BCUT2D eigenvalue weighted by molar-refractivity contribution is -0.133. The zero-order chi connectivity index (χ0) is 16.1. The number of anilines is 1. The third-order valence-corrected chi connectivity index (χ3v) is 5.15. The van der Waals surface area contributed by atoms with Crippen molar-refractivity contribution >= 4 is 63.5 Å². The van der Waals surface area contributed by atoms with Gasteiger partial charge in [-0.3, -0.25) is 9.59 Å². The predicted molar refractivity (Wildman–Crippen MR) is 87.3 cm³/mol. The maximum atomic E-state index is 12.3. The number of fused-ring (bicyclic) bond motifs is 1. The van der Waals surface area contributed by atoms with Crippen LogP contribution >= 0.6 is 46.1 Å². The first-order valence-electron chi connectivity index (χ1n) is 6.13. The highest BCUT2D eigenvalue weighted by Crippen LogP contribution is 2.45. The summed E-state index contributed by atoms with van der Waals surface area (Å²) in [6.07, 6.45) is -0.427. The average Bonchev–Trinajstić information content (AvgIpc) is 2.93. The van der Waals surface area contributed by atoms with Crippen LogP contribution in [0.25, 0.3) is 0 Å². The first kappa shape index (κ1) is 15.8. The lowest BCUT2D eigenvalue weighted by Crippen LogP contribution is -2.36. The summed E-state index contributed by atoms with van der Waals surface area (Å²) in [5.74, 6) is -1.10. The molecule has 0 radical (unpaired) electrons. The summed E-state index contributed by atoms with van der Waals surface area (Å²) in [6.45, 7) is 0. The van der Waals surface area contributed by atoms with Crippen molar-refractivity contribution in [3.05, 3.63) is 49.1 Å². The number of amides is 1. The summed E-state index contributed by atoms with van der Waals surface area (Å²) in [6, 6.07) is 6.03. The van der Waals surface area contributed by atoms with Crippen molar-refractivity contribution in [1.29, 1.82) is 0 Å². The van der Waals surface area contributed by atoms with E-state index in [9.17, 15) is 14.7 Å². The van der Waals surface area contributed by atoms with Gasteiger partial charge in [-0.1, -0.05) is 34.8 Å². The lowest BCUT2D eigenvalue weighted by atomic mass is 9.89. The molecule has 1 atom stereocenters. The number of halogens is 3. The fourth-order valence-electron chi connectivity index (χ4n) is 2.38. The van der Waals surface area contributed by atoms with Gasteiger partial charge in [-0.15, -0.1) is 11.3 Å². The van der Waals surface area contributed by atoms with Gasteiger partial charge in [0.25, 0.3) is 5.91 Å². The quantitative estimate of drug-likeness (QED) is 0.792. The van der Waals surface area contributed by atoms with Gasteiger partial charge in [0.15, 0.2) is 11.4 Å². The Morgan fingerprint density at radius 1 is 1.27 bits per heavy atom. The molecule has 1 aliphatic rings. The van der Waals surface area contributed by atoms with Gasteiger partial charge in [-0.05, 0) is 24.3 Å².